The monoisotopic (exact) mass is 267 g/mol. The fraction of sp³-hybridized carbons (Fsp3) is 0.444. The molecular formula is C9H12F3N3OS. The molecule has 1 aromatic rings. The van der Waals surface area contributed by atoms with Crippen molar-refractivity contribution in [1.82, 2.24) is 5.32 Å². The first-order valence-electron chi connectivity index (χ1n) is 4.72. The minimum absolute atomic E-state index is 0.322. The molecule has 0 saturated heterocycles. The van der Waals surface area contributed by atoms with Crippen LogP contribution in [0.1, 0.15) is 4.88 Å². The van der Waals surface area contributed by atoms with Gasteiger partial charge in [-0.1, -0.05) is 11.2 Å². The number of nitrogens with one attached hydrogen (secondary N) is 1. The lowest BCUT2D eigenvalue weighted by atomic mass is 10.1. The van der Waals surface area contributed by atoms with Crippen LogP contribution in [0.4, 0.5) is 13.2 Å². The van der Waals surface area contributed by atoms with Crippen molar-refractivity contribution in [2.24, 2.45) is 16.8 Å². The highest BCUT2D eigenvalue weighted by atomic mass is 32.1. The zero-order chi connectivity index (χ0) is 12.9. The van der Waals surface area contributed by atoms with Crippen molar-refractivity contribution in [1.29, 1.82) is 0 Å². The topological polar surface area (TPSA) is 70.6 Å². The number of amidine groups is 1. The molecule has 0 amide bonds. The molecule has 0 aliphatic heterocycles. The number of halogens is 3. The summed E-state index contributed by atoms with van der Waals surface area (Å²) in [5.74, 6) is -2.82. The van der Waals surface area contributed by atoms with Gasteiger partial charge in [0.25, 0.3) is 0 Å². The second-order valence-corrected chi connectivity index (χ2v) is 4.36. The summed E-state index contributed by atoms with van der Waals surface area (Å²) in [6.45, 7) is -0.0970. The van der Waals surface area contributed by atoms with Crippen molar-refractivity contribution >= 4 is 17.2 Å². The van der Waals surface area contributed by atoms with Crippen LogP contribution in [0.3, 0.4) is 0 Å². The highest BCUT2D eigenvalue weighted by molar-refractivity contribution is 7.09. The molecule has 4 N–H and O–H groups in total. The largest absolute Gasteiger partial charge is 0.409 e. The third-order valence-electron chi connectivity index (χ3n) is 2.10. The molecule has 96 valence electrons. The molecule has 0 aromatic carbocycles. The summed E-state index contributed by atoms with van der Waals surface area (Å²) in [7, 11) is 0. The second kappa shape index (κ2) is 5.87. The molecule has 0 saturated carbocycles. The zero-order valence-electron chi connectivity index (χ0n) is 8.74. The van der Waals surface area contributed by atoms with Crippen LogP contribution < -0.4 is 11.1 Å². The number of hydrogen-bond donors (Lipinski definition) is 3. The summed E-state index contributed by atoms with van der Waals surface area (Å²) in [4.78, 5) is 0.922. The first-order valence-corrected chi connectivity index (χ1v) is 5.60. The lowest BCUT2D eigenvalue weighted by Gasteiger charge is -2.19. The van der Waals surface area contributed by atoms with E-state index in [1.165, 1.54) is 11.3 Å². The molecule has 8 heteroatoms. The summed E-state index contributed by atoms with van der Waals surface area (Å²) in [6.07, 6.45) is -4.53. The van der Waals surface area contributed by atoms with Crippen LogP contribution in [0.25, 0.3) is 0 Å². The summed E-state index contributed by atoms with van der Waals surface area (Å²) in [5.41, 5.74) is 5.01. The van der Waals surface area contributed by atoms with Crippen LogP contribution >= 0.6 is 11.3 Å². The van der Waals surface area contributed by atoms with E-state index >= 15 is 0 Å². The molecule has 1 aromatic heterocycles. The van der Waals surface area contributed by atoms with E-state index in [4.69, 9.17) is 10.9 Å². The standard InChI is InChI=1S/C9H12F3N3OS/c10-9(11,12)7(8(13)15-16)5-14-4-6-2-1-3-17-6/h1-3,7,14,16H,4-5H2,(H2,13,15). The van der Waals surface area contributed by atoms with Gasteiger partial charge in [0.2, 0.25) is 0 Å². The van der Waals surface area contributed by atoms with Crippen LogP contribution in [0, 0.1) is 5.92 Å². The Kier molecular flexibility index (Phi) is 4.76. The lowest BCUT2D eigenvalue weighted by molar-refractivity contribution is -0.154. The van der Waals surface area contributed by atoms with Gasteiger partial charge < -0.3 is 16.3 Å². The molecular weight excluding hydrogens is 255 g/mol. The Morgan fingerprint density at radius 3 is 2.76 bits per heavy atom. The number of alkyl halides is 3. The molecule has 0 spiro atoms. The Labute approximate surface area is 99.9 Å². The van der Waals surface area contributed by atoms with E-state index in [-0.39, 0.29) is 0 Å². The Morgan fingerprint density at radius 1 is 1.59 bits per heavy atom. The molecule has 0 aliphatic rings. The Morgan fingerprint density at radius 2 is 2.29 bits per heavy atom. The van der Waals surface area contributed by atoms with Crippen molar-refractivity contribution in [2.75, 3.05) is 6.54 Å². The van der Waals surface area contributed by atoms with Gasteiger partial charge in [-0.15, -0.1) is 11.3 Å². The summed E-state index contributed by atoms with van der Waals surface area (Å²) in [5, 5.41) is 15.2. The zero-order valence-corrected chi connectivity index (χ0v) is 9.55. The SMILES string of the molecule is N/C(=N/O)C(CNCc1cccs1)C(F)(F)F. The van der Waals surface area contributed by atoms with Gasteiger partial charge in [0.05, 0.1) is 0 Å². The lowest BCUT2D eigenvalue weighted by Crippen LogP contribution is -2.42. The maximum atomic E-state index is 12.5. The predicted molar refractivity (Wildman–Crippen MR) is 59.0 cm³/mol. The quantitative estimate of drug-likeness (QED) is 0.329. The molecule has 1 rings (SSSR count). The average Bonchev–Trinajstić information content (AvgIpc) is 2.74. The van der Waals surface area contributed by atoms with E-state index in [0.717, 1.165) is 4.88 Å². The molecule has 1 unspecified atom stereocenters. The van der Waals surface area contributed by atoms with Crippen molar-refractivity contribution in [3.63, 3.8) is 0 Å². The van der Waals surface area contributed by atoms with Crippen LogP contribution in [0.2, 0.25) is 0 Å². The maximum absolute atomic E-state index is 12.5. The highest BCUT2D eigenvalue weighted by Crippen LogP contribution is 2.26. The smallest absolute Gasteiger partial charge is 0.400 e. The summed E-state index contributed by atoms with van der Waals surface area (Å²) in [6, 6.07) is 3.62. The third kappa shape index (κ3) is 4.23. The van der Waals surface area contributed by atoms with Gasteiger partial charge in [0, 0.05) is 18.0 Å². The van der Waals surface area contributed by atoms with Gasteiger partial charge in [-0.05, 0) is 11.4 Å². The number of nitrogens with zero attached hydrogens (tertiary/aromatic N) is 1. The summed E-state index contributed by atoms with van der Waals surface area (Å²) < 4.78 is 37.5. The molecule has 1 heterocycles. The molecule has 0 fully saturated rings. The Balaban J connectivity index is 2.51. The number of hydrogen-bond acceptors (Lipinski definition) is 4. The highest BCUT2D eigenvalue weighted by Gasteiger charge is 2.42. The first kappa shape index (κ1) is 13.8. The number of oxime groups is 1. The van der Waals surface area contributed by atoms with E-state index < -0.39 is 24.5 Å². The number of thiophene rings is 1. The van der Waals surface area contributed by atoms with Crippen molar-refractivity contribution in [2.45, 2.75) is 12.7 Å². The molecule has 17 heavy (non-hydrogen) atoms. The average molecular weight is 267 g/mol. The maximum Gasteiger partial charge on any atom is 0.400 e. The molecule has 4 nitrogen and oxygen atoms in total. The molecule has 0 bridgehead atoms. The number of nitrogens with two attached hydrogens (primary N) is 1. The van der Waals surface area contributed by atoms with Gasteiger partial charge in [0.1, 0.15) is 5.92 Å². The van der Waals surface area contributed by atoms with Crippen LogP contribution in [0.5, 0.6) is 0 Å². The van der Waals surface area contributed by atoms with E-state index in [9.17, 15) is 13.2 Å². The van der Waals surface area contributed by atoms with E-state index in [1.807, 2.05) is 17.5 Å². The van der Waals surface area contributed by atoms with Crippen molar-refractivity contribution in [3.8, 4) is 0 Å². The van der Waals surface area contributed by atoms with E-state index in [1.54, 1.807) is 0 Å². The summed E-state index contributed by atoms with van der Waals surface area (Å²) >= 11 is 1.44. The minimum Gasteiger partial charge on any atom is -0.409 e. The van der Waals surface area contributed by atoms with Gasteiger partial charge in [-0.3, -0.25) is 0 Å². The van der Waals surface area contributed by atoms with Crippen molar-refractivity contribution in [3.05, 3.63) is 22.4 Å². The van der Waals surface area contributed by atoms with Crippen LogP contribution in [-0.2, 0) is 6.54 Å². The van der Waals surface area contributed by atoms with E-state index in [0.29, 0.717) is 6.54 Å². The fourth-order valence-corrected chi connectivity index (χ4v) is 1.89. The van der Waals surface area contributed by atoms with Crippen LogP contribution in [-0.4, -0.2) is 23.8 Å². The fourth-order valence-electron chi connectivity index (χ4n) is 1.21. The van der Waals surface area contributed by atoms with Crippen molar-refractivity contribution < 1.29 is 18.4 Å². The van der Waals surface area contributed by atoms with Gasteiger partial charge in [-0.25, -0.2) is 0 Å². The third-order valence-corrected chi connectivity index (χ3v) is 2.97. The van der Waals surface area contributed by atoms with Gasteiger partial charge in [-0.2, -0.15) is 13.2 Å². The van der Waals surface area contributed by atoms with Gasteiger partial charge >= 0.3 is 6.18 Å². The van der Waals surface area contributed by atoms with Crippen LogP contribution in [0.15, 0.2) is 22.7 Å². The molecule has 1 atom stereocenters. The Bertz CT molecular complexity index is 364. The second-order valence-electron chi connectivity index (χ2n) is 3.33. The number of rotatable bonds is 5. The first-order chi connectivity index (χ1) is 7.95. The van der Waals surface area contributed by atoms with E-state index in [2.05, 4.69) is 10.5 Å². The predicted octanol–water partition coefficient (Wildman–Crippen LogP) is 1.76. The molecule has 0 aliphatic carbocycles. The normalized spacial score (nSPS) is 14.9. The molecule has 0 radical (unpaired) electrons. The minimum atomic E-state index is -4.53. The Hall–Kier alpha value is -1.28. The van der Waals surface area contributed by atoms with Gasteiger partial charge in [0.15, 0.2) is 5.84 Å².